The van der Waals surface area contributed by atoms with E-state index >= 15 is 0 Å². The Morgan fingerprint density at radius 1 is 1.57 bits per heavy atom. The molecule has 0 aliphatic carbocycles. The van der Waals surface area contributed by atoms with Gasteiger partial charge in [0.05, 0.1) is 6.61 Å². The highest BCUT2D eigenvalue weighted by Gasteiger charge is 2.08. The van der Waals surface area contributed by atoms with Crippen LogP contribution in [0.15, 0.2) is 4.52 Å². The molecule has 0 aliphatic heterocycles. The Kier molecular flexibility index (Phi) is 4.55. The minimum atomic E-state index is 0.353. The zero-order valence-electron chi connectivity index (χ0n) is 8.91. The molecule has 0 saturated heterocycles. The van der Waals surface area contributed by atoms with Gasteiger partial charge in [-0.25, -0.2) is 0 Å². The standard InChI is InChI=1S/C9H17N3O2/c1-7(10-2)6-9-11-8(12-14-9)4-5-13-3/h7,10H,4-6H2,1-3H3. The van der Waals surface area contributed by atoms with Crippen molar-refractivity contribution in [3.05, 3.63) is 11.7 Å². The molecule has 14 heavy (non-hydrogen) atoms. The molecular weight excluding hydrogens is 182 g/mol. The van der Waals surface area contributed by atoms with Crippen LogP contribution in [0.3, 0.4) is 0 Å². The molecule has 1 atom stereocenters. The van der Waals surface area contributed by atoms with Crippen LogP contribution in [-0.4, -0.2) is 36.9 Å². The lowest BCUT2D eigenvalue weighted by Crippen LogP contribution is -2.23. The molecule has 1 N–H and O–H groups in total. The molecule has 1 rings (SSSR count). The van der Waals surface area contributed by atoms with Crippen molar-refractivity contribution in [1.82, 2.24) is 15.5 Å². The summed E-state index contributed by atoms with van der Waals surface area (Å²) in [4.78, 5) is 4.24. The van der Waals surface area contributed by atoms with Gasteiger partial charge in [0.25, 0.3) is 0 Å². The lowest BCUT2D eigenvalue weighted by molar-refractivity contribution is 0.199. The van der Waals surface area contributed by atoms with Crippen molar-refractivity contribution in [2.45, 2.75) is 25.8 Å². The van der Waals surface area contributed by atoms with Gasteiger partial charge in [-0.1, -0.05) is 5.16 Å². The lowest BCUT2D eigenvalue weighted by Gasteiger charge is -2.04. The zero-order chi connectivity index (χ0) is 10.4. The Balaban J connectivity index is 2.42. The fourth-order valence-electron chi connectivity index (χ4n) is 1.03. The number of hydrogen-bond acceptors (Lipinski definition) is 5. The van der Waals surface area contributed by atoms with Gasteiger partial charge in [0.15, 0.2) is 5.82 Å². The third-order valence-corrected chi connectivity index (χ3v) is 2.01. The van der Waals surface area contributed by atoms with E-state index in [0.29, 0.717) is 30.8 Å². The van der Waals surface area contributed by atoms with E-state index in [1.807, 2.05) is 7.05 Å². The van der Waals surface area contributed by atoms with Gasteiger partial charge in [-0.3, -0.25) is 0 Å². The van der Waals surface area contributed by atoms with Gasteiger partial charge in [0.2, 0.25) is 5.89 Å². The van der Waals surface area contributed by atoms with Crippen molar-refractivity contribution < 1.29 is 9.26 Å². The minimum Gasteiger partial charge on any atom is -0.384 e. The molecule has 5 nitrogen and oxygen atoms in total. The smallest absolute Gasteiger partial charge is 0.228 e. The zero-order valence-corrected chi connectivity index (χ0v) is 8.91. The largest absolute Gasteiger partial charge is 0.384 e. The van der Waals surface area contributed by atoms with Crippen LogP contribution in [0.2, 0.25) is 0 Å². The van der Waals surface area contributed by atoms with E-state index in [9.17, 15) is 0 Å². The topological polar surface area (TPSA) is 60.2 Å². The third kappa shape index (κ3) is 3.43. The average Bonchev–Trinajstić information content (AvgIpc) is 2.62. The van der Waals surface area contributed by atoms with Gasteiger partial charge < -0.3 is 14.6 Å². The molecule has 0 bridgehead atoms. The second-order valence-corrected chi connectivity index (χ2v) is 3.24. The van der Waals surface area contributed by atoms with Crippen LogP contribution in [-0.2, 0) is 17.6 Å². The molecule has 1 unspecified atom stereocenters. The van der Waals surface area contributed by atoms with Gasteiger partial charge >= 0.3 is 0 Å². The molecule has 0 amide bonds. The number of hydrogen-bond donors (Lipinski definition) is 1. The summed E-state index contributed by atoms with van der Waals surface area (Å²) < 4.78 is 10.0. The predicted octanol–water partition coefficient (Wildman–Crippen LogP) is 0.409. The molecule has 0 saturated carbocycles. The van der Waals surface area contributed by atoms with Crippen molar-refractivity contribution in [3.63, 3.8) is 0 Å². The quantitative estimate of drug-likeness (QED) is 0.719. The molecule has 1 aromatic heterocycles. The van der Waals surface area contributed by atoms with Gasteiger partial charge in [0.1, 0.15) is 0 Å². The summed E-state index contributed by atoms with van der Waals surface area (Å²) in [6.07, 6.45) is 1.46. The maximum atomic E-state index is 5.08. The Morgan fingerprint density at radius 2 is 2.36 bits per heavy atom. The Bertz CT molecular complexity index is 262. The predicted molar refractivity (Wildman–Crippen MR) is 52.1 cm³/mol. The van der Waals surface area contributed by atoms with Crippen LogP contribution >= 0.6 is 0 Å². The molecule has 80 valence electrons. The van der Waals surface area contributed by atoms with E-state index in [4.69, 9.17) is 9.26 Å². The monoisotopic (exact) mass is 199 g/mol. The van der Waals surface area contributed by atoms with Gasteiger partial charge in [-0.2, -0.15) is 4.98 Å². The van der Waals surface area contributed by atoms with E-state index < -0.39 is 0 Å². The minimum absolute atomic E-state index is 0.353. The molecule has 0 spiro atoms. The summed E-state index contributed by atoms with van der Waals surface area (Å²) in [5.74, 6) is 1.39. The van der Waals surface area contributed by atoms with Gasteiger partial charge in [0, 0.05) is 26.0 Å². The van der Waals surface area contributed by atoms with Crippen molar-refractivity contribution in [2.24, 2.45) is 0 Å². The highest BCUT2D eigenvalue weighted by molar-refractivity contribution is 4.88. The van der Waals surface area contributed by atoms with Crippen molar-refractivity contribution in [1.29, 1.82) is 0 Å². The highest BCUT2D eigenvalue weighted by Crippen LogP contribution is 2.01. The second kappa shape index (κ2) is 5.72. The van der Waals surface area contributed by atoms with E-state index in [0.717, 1.165) is 6.42 Å². The summed E-state index contributed by atoms with van der Waals surface area (Å²) >= 11 is 0. The van der Waals surface area contributed by atoms with Crippen LogP contribution in [0, 0.1) is 0 Å². The van der Waals surface area contributed by atoms with Crippen LogP contribution in [0.1, 0.15) is 18.6 Å². The number of methoxy groups -OCH3 is 1. The van der Waals surface area contributed by atoms with Gasteiger partial charge in [-0.15, -0.1) is 0 Å². The SMILES string of the molecule is CNC(C)Cc1nc(CCOC)no1. The number of rotatable bonds is 6. The lowest BCUT2D eigenvalue weighted by atomic mass is 10.2. The Labute approximate surface area is 83.8 Å². The first-order valence-corrected chi connectivity index (χ1v) is 4.74. The fourth-order valence-corrected chi connectivity index (χ4v) is 1.03. The molecule has 1 aromatic rings. The Morgan fingerprint density at radius 3 is 3.00 bits per heavy atom. The number of nitrogens with one attached hydrogen (secondary N) is 1. The summed E-state index contributed by atoms with van der Waals surface area (Å²) in [5, 5.41) is 6.96. The van der Waals surface area contributed by atoms with Crippen molar-refractivity contribution in [2.75, 3.05) is 20.8 Å². The molecule has 0 aliphatic rings. The van der Waals surface area contributed by atoms with Gasteiger partial charge in [-0.05, 0) is 14.0 Å². The second-order valence-electron chi connectivity index (χ2n) is 3.24. The number of ether oxygens (including phenoxy) is 1. The van der Waals surface area contributed by atoms with E-state index in [1.165, 1.54) is 0 Å². The molecule has 1 heterocycles. The molecule has 5 heteroatoms. The van der Waals surface area contributed by atoms with Crippen LogP contribution < -0.4 is 5.32 Å². The summed E-state index contributed by atoms with van der Waals surface area (Å²) in [5.41, 5.74) is 0. The fraction of sp³-hybridized carbons (Fsp3) is 0.778. The van der Waals surface area contributed by atoms with E-state index in [2.05, 4.69) is 22.4 Å². The third-order valence-electron chi connectivity index (χ3n) is 2.01. The van der Waals surface area contributed by atoms with E-state index in [-0.39, 0.29) is 0 Å². The van der Waals surface area contributed by atoms with Crippen LogP contribution in [0.4, 0.5) is 0 Å². The number of nitrogens with zero attached hydrogens (tertiary/aromatic N) is 2. The number of aromatic nitrogens is 2. The Hall–Kier alpha value is -0.940. The summed E-state index contributed by atoms with van der Waals surface area (Å²) in [6, 6.07) is 0.353. The van der Waals surface area contributed by atoms with Crippen LogP contribution in [0.5, 0.6) is 0 Å². The first-order chi connectivity index (χ1) is 6.76. The first-order valence-electron chi connectivity index (χ1n) is 4.74. The maximum absolute atomic E-state index is 5.08. The van der Waals surface area contributed by atoms with Crippen molar-refractivity contribution >= 4 is 0 Å². The first kappa shape index (κ1) is 11.1. The summed E-state index contributed by atoms with van der Waals surface area (Å²) in [6.45, 7) is 2.69. The highest BCUT2D eigenvalue weighted by atomic mass is 16.5. The van der Waals surface area contributed by atoms with Crippen LogP contribution in [0.25, 0.3) is 0 Å². The van der Waals surface area contributed by atoms with Crippen molar-refractivity contribution in [3.8, 4) is 0 Å². The maximum Gasteiger partial charge on any atom is 0.228 e. The normalized spacial score (nSPS) is 13.1. The van der Waals surface area contributed by atoms with E-state index in [1.54, 1.807) is 7.11 Å². The average molecular weight is 199 g/mol. The summed E-state index contributed by atoms with van der Waals surface area (Å²) in [7, 11) is 3.57. The number of likely N-dealkylation sites (N-methyl/N-ethyl adjacent to an activating group) is 1. The molecule has 0 radical (unpaired) electrons. The molecular formula is C9H17N3O2. The molecule has 0 fully saturated rings. The molecule has 0 aromatic carbocycles.